The lowest BCUT2D eigenvalue weighted by molar-refractivity contribution is -0.114. The first-order chi connectivity index (χ1) is 14.6. The molecule has 0 aliphatic heterocycles. The van der Waals surface area contributed by atoms with E-state index in [2.05, 4.69) is 15.6 Å². The smallest absolute Gasteiger partial charge is 0.255 e. The van der Waals surface area contributed by atoms with E-state index >= 15 is 0 Å². The first-order valence-corrected chi connectivity index (χ1v) is 9.41. The van der Waals surface area contributed by atoms with Gasteiger partial charge in [0.25, 0.3) is 5.91 Å². The second-order valence-electron chi connectivity index (χ2n) is 6.73. The van der Waals surface area contributed by atoms with Crippen molar-refractivity contribution in [2.75, 3.05) is 10.6 Å². The van der Waals surface area contributed by atoms with Gasteiger partial charge < -0.3 is 19.8 Å². The van der Waals surface area contributed by atoms with Crippen molar-refractivity contribution in [1.29, 1.82) is 0 Å². The summed E-state index contributed by atoms with van der Waals surface area (Å²) >= 11 is 0. The van der Waals surface area contributed by atoms with E-state index < -0.39 is 0 Å². The summed E-state index contributed by atoms with van der Waals surface area (Å²) in [5.41, 5.74) is 3.29. The fourth-order valence-electron chi connectivity index (χ4n) is 3.02. The van der Waals surface area contributed by atoms with Gasteiger partial charge in [-0.15, -0.1) is 0 Å². The van der Waals surface area contributed by atoms with Crippen molar-refractivity contribution in [3.05, 3.63) is 90.4 Å². The molecule has 0 aliphatic carbocycles. The van der Waals surface area contributed by atoms with Gasteiger partial charge in [-0.1, -0.05) is 18.2 Å². The molecule has 30 heavy (non-hydrogen) atoms. The zero-order valence-electron chi connectivity index (χ0n) is 16.3. The van der Waals surface area contributed by atoms with Crippen LogP contribution in [0.3, 0.4) is 0 Å². The second kappa shape index (κ2) is 8.48. The van der Waals surface area contributed by atoms with Crippen molar-refractivity contribution in [2.45, 2.75) is 13.5 Å². The van der Waals surface area contributed by atoms with Gasteiger partial charge in [-0.25, -0.2) is 4.98 Å². The van der Waals surface area contributed by atoms with Crippen LogP contribution in [0, 0.1) is 0 Å². The average molecular weight is 400 g/mol. The molecule has 2 aromatic heterocycles. The predicted molar refractivity (Wildman–Crippen MR) is 115 cm³/mol. The molecule has 2 amide bonds. The standard InChI is InChI=1S/C23H20N4O3/c1-16(28)24-18-7-4-6-17(12-18)23(29)26-19-8-5-9-21(13-19)30-15-20-14-27-11-3-2-10-22(27)25-20/h2-14H,15H2,1H3,(H,24,28)(H,26,29). The van der Waals surface area contributed by atoms with Crippen LogP contribution in [-0.2, 0) is 11.4 Å². The Kier molecular flexibility index (Phi) is 5.43. The fraction of sp³-hybridized carbons (Fsp3) is 0.0870. The Bertz CT molecular complexity index is 1180. The first kappa shape index (κ1) is 19.2. The van der Waals surface area contributed by atoms with E-state index in [4.69, 9.17) is 4.74 Å². The minimum atomic E-state index is -0.278. The molecule has 0 spiro atoms. The number of fused-ring (bicyclic) bond motifs is 1. The number of anilines is 2. The maximum Gasteiger partial charge on any atom is 0.255 e. The molecule has 4 rings (SSSR count). The normalized spacial score (nSPS) is 10.6. The van der Waals surface area contributed by atoms with Gasteiger partial charge in [0.05, 0.1) is 5.69 Å². The Morgan fingerprint density at radius 1 is 0.967 bits per heavy atom. The van der Waals surface area contributed by atoms with Crippen LogP contribution in [0.1, 0.15) is 23.0 Å². The predicted octanol–water partition coefficient (Wildman–Crippen LogP) is 4.12. The number of benzene rings is 2. The van der Waals surface area contributed by atoms with Crippen LogP contribution in [0.15, 0.2) is 79.1 Å². The molecule has 0 saturated carbocycles. The van der Waals surface area contributed by atoms with Crippen molar-refractivity contribution in [3.63, 3.8) is 0 Å². The number of pyridine rings is 1. The molecule has 0 saturated heterocycles. The van der Waals surface area contributed by atoms with E-state index in [1.807, 2.05) is 47.1 Å². The number of amides is 2. The van der Waals surface area contributed by atoms with Crippen molar-refractivity contribution in [3.8, 4) is 5.75 Å². The van der Waals surface area contributed by atoms with Crippen LogP contribution in [0.4, 0.5) is 11.4 Å². The third kappa shape index (κ3) is 4.64. The summed E-state index contributed by atoms with van der Waals surface area (Å²) < 4.78 is 7.77. The molecule has 0 bridgehead atoms. The summed E-state index contributed by atoms with van der Waals surface area (Å²) in [6, 6.07) is 19.7. The highest BCUT2D eigenvalue weighted by Gasteiger charge is 2.09. The molecule has 4 aromatic rings. The zero-order chi connectivity index (χ0) is 20.9. The number of carbonyl (C=O) groups is 2. The van der Waals surface area contributed by atoms with E-state index in [0.29, 0.717) is 29.3 Å². The van der Waals surface area contributed by atoms with Crippen molar-refractivity contribution >= 4 is 28.8 Å². The Hall–Kier alpha value is -4.13. The number of aromatic nitrogens is 2. The van der Waals surface area contributed by atoms with Crippen molar-refractivity contribution < 1.29 is 14.3 Å². The van der Waals surface area contributed by atoms with Crippen molar-refractivity contribution in [2.24, 2.45) is 0 Å². The van der Waals surface area contributed by atoms with Crippen LogP contribution >= 0.6 is 0 Å². The van der Waals surface area contributed by atoms with Gasteiger partial charge in [0, 0.05) is 42.3 Å². The van der Waals surface area contributed by atoms with Gasteiger partial charge in [-0.3, -0.25) is 9.59 Å². The SMILES string of the molecule is CC(=O)Nc1cccc(C(=O)Nc2cccc(OCc3cn4ccccc4n3)c2)c1. The fourth-order valence-corrected chi connectivity index (χ4v) is 3.02. The molecule has 7 nitrogen and oxygen atoms in total. The quantitative estimate of drug-likeness (QED) is 0.510. The highest BCUT2D eigenvalue weighted by Crippen LogP contribution is 2.20. The molecule has 0 fully saturated rings. The van der Waals surface area contributed by atoms with E-state index in [1.165, 1.54) is 6.92 Å². The largest absolute Gasteiger partial charge is 0.487 e. The molecule has 0 radical (unpaired) electrons. The number of nitrogens with zero attached hydrogens (tertiary/aromatic N) is 2. The molecule has 2 aromatic carbocycles. The topological polar surface area (TPSA) is 84.7 Å². The van der Waals surface area contributed by atoms with Gasteiger partial charge >= 0.3 is 0 Å². The lowest BCUT2D eigenvalue weighted by Crippen LogP contribution is -2.13. The molecular weight excluding hydrogens is 380 g/mol. The number of hydrogen-bond acceptors (Lipinski definition) is 4. The Morgan fingerprint density at radius 2 is 1.77 bits per heavy atom. The molecule has 7 heteroatoms. The minimum Gasteiger partial charge on any atom is -0.487 e. The number of imidazole rings is 1. The summed E-state index contributed by atoms with van der Waals surface area (Å²) in [6.45, 7) is 1.74. The molecule has 150 valence electrons. The third-order valence-electron chi connectivity index (χ3n) is 4.34. The van der Waals surface area contributed by atoms with Gasteiger partial charge in [0.1, 0.15) is 18.0 Å². The number of ether oxygens (including phenoxy) is 1. The summed E-state index contributed by atoms with van der Waals surface area (Å²) in [5.74, 6) is 0.152. The van der Waals surface area contributed by atoms with E-state index in [0.717, 1.165) is 11.3 Å². The Balaban J connectivity index is 1.41. The van der Waals surface area contributed by atoms with Crippen LogP contribution < -0.4 is 15.4 Å². The lowest BCUT2D eigenvalue weighted by atomic mass is 10.2. The highest BCUT2D eigenvalue weighted by atomic mass is 16.5. The molecule has 2 N–H and O–H groups in total. The Morgan fingerprint density at radius 3 is 2.57 bits per heavy atom. The Labute approximate surface area is 173 Å². The molecule has 0 unspecified atom stereocenters. The zero-order valence-corrected chi connectivity index (χ0v) is 16.3. The van der Waals surface area contributed by atoms with Gasteiger partial charge in [0.2, 0.25) is 5.91 Å². The van der Waals surface area contributed by atoms with E-state index in [9.17, 15) is 9.59 Å². The molecule has 0 aliphatic rings. The molecular formula is C23H20N4O3. The first-order valence-electron chi connectivity index (χ1n) is 9.41. The molecule has 2 heterocycles. The van der Waals surface area contributed by atoms with Crippen molar-refractivity contribution in [1.82, 2.24) is 9.38 Å². The van der Waals surface area contributed by atoms with Gasteiger partial charge in [-0.05, 0) is 42.5 Å². The number of hydrogen-bond donors (Lipinski definition) is 2. The average Bonchev–Trinajstić information content (AvgIpc) is 3.15. The van der Waals surface area contributed by atoms with E-state index in [1.54, 1.807) is 36.4 Å². The molecule has 0 atom stereocenters. The number of nitrogens with one attached hydrogen (secondary N) is 2. The van der Waals surface area contributed by atoms with Crippen LogP contribution in [-0.4, -0.2) is 21.2 Å². The highest BCUT2D eigenvalue weighted by molar-refractivity contribution is 6.05. The number of carbonyl (C=O) groups excluding carboxylic acids is 2. The number of rotatable bonds is 6. The summed E-state index contributed by atoms with van der Waals surface area (Å²) in [5, 5.41) is 5.52. The van der Waals surface area contributed by atoms with Gasteiger partial charge in [-0.2, -0.15) is 0 Å². The second-order valence-corrected chi connectivity index (χ2v) is 6.73. The maximum absolute atomic E-state index is 12.6. The lowest BCUT2D eigenvalue weighted by Gasteiger charge is -2.09. The maximum atomic E-state index is 12.6. The monoisotopic (exact) mass is 400 g/mol. The van der Waals surface area contributed by atoms with E-state index in [-0.39, 0.29) is 11.8 Å². The van der Waals surface area contributed by atoms with Crippen LogP contribution in [0.2, 0.25) is 0 Å². The van der Waals surface area contributed by atoms with Crippen LogP contribution in [0.5, 0.6) is 5.75 Å². The minimum absolute atomic E-state index is 0.192. The summed E-state index contributed by atoms with van der Waals surface area (Å²) in [7, 11) is 0. The summed E-state index contributed by atoms with van der Waals surface area (Å²) in [4.78, 5) is 28.3. The van der Waals surface area contributed by atoms with Gasteiger partial charge in [0.15, 0.2) is 0 Å². The van der Waals surface area contributed by atoms with Crippen LogP contribution in [0.25, 0.3) is 5.65 Å². The summed E-state index contributed by atoms with van der Waals surface area (Å²) in [6.07, 6.45) is 3.85. The third-order valence-corrected chi connectivity index (χ3v) is 4.34.